The number of aromatic nitrogens is 3. The third kappa shape index (κ3) is 7.16. The van der Waals surface area contributed by atoms with E-state index in [1.807, 2.05) is 43.5 Å². The number of esters is 1. The van der Waals surface area contributed by atoms with Crippen LogP contribution >= 0.6 is 11.8 Å². The summed E-state index contributed by atoms with van der Waals surface area (Å²) in [6.07, 6.45) is 0.738. The van der Waals surface area contributed by atoms with Crippen molar-refractivity contribution < 1.29 is 19.1 Å². The van der Waals surface area contributed by atoms with Gasteiger partial charge in [-0.15, -0.1) is 10.2 Å². The predicted octanol–water partition coefficient (Wildman–Crippen LogP) is 4.09. The molecule has 3 aromatic rings. The first kappa shape index (κ1) is 26.0. The van der Waals surface area contributed by atoms with Crippen molar-refractivity contribution in [2.75, 3.05) is 17.7 Å². The molecule has 0 aliphatic carbocycles. The molecule has 0 saturated heterocycles. The first-order valence-corrected chi connectivity index (χ1v) is 12.4. The second kappa shape index (κ2) is 12.7. The molecule has 184 valence electrons. The zero-order valence-electron chi connectivity index (χ0n) is 20.0. The second-order valence-corrected chi connectivity index (χ2v) is 8.64. The Labute approximate surface area is 208 Å². The number of anilines is 1. The molecule has 0 unspecified atom stereocenters. The van der Waals surface area contributed by atoms with E-state index in [-0.39, 0.29) is 23.6 Å². The van der Waals surface area contributed by atoms with Crippen molar-refractivity contribution in [1.82, 2.24) is 20.1 Å². The van der Waals surface area contributed by atoms with E-state index in [0.717, 1.165) is 6.42 Å². The summed E-state index contributed by atoms with van der Waals surface area (Å²) >= 11 is 1.25. The molecule has 1 aromatic heterocycles. The summed E-state index contributed by atoms with van der Waals surface area (Å²) in [6, 6.07) is 15.2. The normalized spacial score (nSPS) is 11.5. The third-order valence-electron chi connectivity index (χ3n) is 4.98. The maximum atomic E-state index is 12.5. The topological polar surface area (TPSA) is 115 Å². The Morgan fingerprint density at radius 3 is 2.49 bits per heavy atom. The summed E-state index contributed by atoms with van der Waals surface area (Å²) in [5.74, 6) is -0.148. The molecule has 1 heterocycles. The Morgan fingerprint density at radius 1 is 1.03 bits per heavy atom. The predicted molar refractivity (Wildman–Crippen MR) is 134 cm³/mol. The first-order valence-electron chi connectivity index (χ1n) is 11.4. The van der Waals surface area contributed by atoms with E-state index in [2.05, 4.69) is 20.8 Å². The van der Waals surface area contributed by atoms with Crippen LogP contribution in [0, 0.1) is 0 Å². The van der Waals surface area contributed by atoms with Crippen molar-refractivity contribution in [1.29, 1.82) is 0 Å². The fourth-order valence-electron chi connectivity index (χ4n) is 3.29. The summed E-state index contributed by atoms with van der Waals surface area (Å²) in [5.41, 5.74) is 1.46. The first-order chi connectivity index (χ1) is 16.9. The van der Waals surface area contributed by atoms with E-state index in [0.29, 0.717) is 40.9 Å². The largest absolute Gasteiger partial charge is 0.462 e. The molecular formula is C25H29N5O4S. The molecule has 2 N–H and O–H groups in total. The fraction of sp³-hybridized carbons (Fsp3) is 0.320. The molecule has 0 spiro atoms. The van der Waals surface area contributed by atoms with Gasteiger partial charge in [-0.25, -0.2) is 4.79 Å². The SMILES string of the molecule is CCCOC(=O)c1cccc(NC(=O)CSc2nnc([C@H](C)NC(=O)c3ccccc3)n2CC)c1. The summed E-state index contributed by atoms with van der Waals surface area (Å²) in [7, 11) is 0. The molecule has 0 aliphatic rings. The number of benzene rings is 2. The van der Waals surface area contributed by atoms with E-state index >= 15 is 0 Å². The van der Waals surface area contributed by atoms with Gasteiger partial charge in [-0.05, 0) is 50.6 Å². The van der Waals surface area contributed by atoms with Gasteiger partial charge in [-0.2, -0.15) is 0 Å². The number of nitrogens with zero attached hydrogens (tertiary/aromatic N) is 3. The van der Waals surface area contributed by atoms with Crippen LogP contribution in [0.4, 0.5) is 5.69 Å². The van der Waals surface area contributed by atoms with Crippen LogP contribution in [0.25, 0.3) is 0 Å². The Bertz CT molecular complexity index is 1170. The van der Waals surface area contributed by atoms with Crippen LogP contribution in [0.1, 0.15) is 59.8 Å². The zero-order valence-corrected chi connectivity index (χ0v) is 20.8. The van der Waals surface area contributed by atoms with E-state index in [4.69, 9.17) is 4.74 Å². The Morgan fingerprint density at radius 2 is 1.77 bits per heavy atom. The standard InChI is InChI=1S/C25H29N5O4S/c1-4-14-34-24(33)19-12-9-13-20(15-19)27-21(31)16-35-25-29-28-22(30(25)5-2)17(3)26-23(32)18-10-7-6-8-11-18/h6-13,15,17H,4-5,14,16H2,1-3H3,(H,26,32)(H,27,31)/t17-/m0/s1. The Balaban J connectivity index is 1.59. The smallest absolute Gasteiger partial charge is 0.338 e. The third-order valence-corrected chi connectivity index (χ3v) is 5.95. The lowest BCUT2D eigenvalue weighted by atomic mass is 10.2. The average molecular weight is 496 g/mol. The summed E-state index contributed by atoms with van der Waals surface area (Å²) < 4.78 is 7.01. The van der Waals surface area contributed by atoms with Crippen LogP contribution in [0.3, 0.4) is 0 Å². The van der Waals surface area contributed by atoms with Crippen molar-refractivity contribution in [3.63, 3.8) is 0 Å². The molecule has 3 rings (SSSR count). The highest BCUT2D eigenvalue weighted by Crippen LogP contribution is 2.21. The van der Waals surface area contributed by atoms with Gasteiger partial charge in [-0.1, -0.05) is 43.0 Å². The second-order valence-electron chi connectivity index (χ2n) is 7.70. The number of hydrogen-bond donors (Lipinski definition) is 2. The molecule has 0 saturated carbocycles. The van der Waals surface area contributed by atoms with E-state index in [1.54, 1.807) is 36.4 Å². The maximum absolute atomic E-state index is 12.5. The summed E-state index contributed by atoms with van der Waals surface area (Å²) in [6.45, 7) is 6.65. The minimum atomic E-state index is -0.422. The molecule has 35 heavy (non-hydrogen) atoms. The number of hydrogen-bond acceptors (Lipinski definition) is 7. The van der Waals surface area contributed by atoms with Gasteiger partial charge in [0.25, 0.3) is 5.91 Å². The van der Waals surface area contributed by atoms with Crippen molar-refractivity contribution in [3.05, 3.63) is 71.5 Å². The van der Waals surface area contributed by atoms with Gasteiger partial charge >= 0.3 is 5.97 Å². The molecule has 10 heteroatoms. The van der Waals surface area contributed by atoms with E-state index in [1.165, 1.54) is 11.8 Å². The lowest BCUT2D eigenvalue weighted by Crippen LogP contribution is -2.28. The Hall–Kier alpha value is -3.66. The van der Waals surface area contributed by atoms with Crippen LogP contribution in [-0.2, 0) is 16.1 Å². The highest BCUT2D eigenvalue weighted by Gasteiger charge is 2.20. The van der Waals surface area contributed by atoms with Crippen molar-refractivity contribution >= 4 is 35.2 Å². The van der Waals surface area contributed by atoms with Gasteiger partial charge in [0.05, 0.1) is 24.0 Å². The van der Waals surface area contributed by atoms with E-state index in [9.17, 15) is 14.4 Å². The zero-order chi connectivity index (χ0) is 25.2. The quantitative estimate of drug-likeness (QED) is 0.304. The molecule has 1 atom stereocenters. The fourth-order valence-corrected chi connectivity index (χ4v) is 4.10. The van der Waals surface area contributed by atoms with Gasteiger partial charge in [0.2, 0.25) is 5.91 Å². The molecule has 0 bridgehead atoms. The molecule has 9 nitrogen and oxygen atoms in total. The van der Waals surface area contributed by atoms with Crippen LogP contribution in [0.15, 0.2) is 59.8 Å². The van der Waals surface area contributed by atoms with Crippen LogP contribution in [0.2, 0.25) is 0 Å². The minimum Gasteiger partial charge on any atom is -0.462 e. The van der Waals surface area contributed by atoms with Gasteiger partial charge in [0.1, 0.15) is 0 Å². The number of nitrogens with one attached hydrogen (secondary N) is 2. The van der Waals surface area contributed by atoms with Crippen LogP contribution in [0.5, 0.6) is 0 Å². The average Bonchev–Trinajstić information content (AvgIpc) is 3.29. The van der Waals surface area contributed by atoms with Gasteiger partial charge in [0, 0.05) is 17.8 Å². The lowest BCUT2D eigenvalue weighted by molar-refractivity contribution is -0.113. The Kier molecular flexibility index (Phi) is 9.42. The monoisotopic (exact) mass is 495 g/mol. The number of carbonyl (C=O) groups excluding carboxylic acids is 3. The van der Waals surface area contributed by atoms with Crippen molar-refractivity contribution in [3.8, 4) is 0 Å². The van der Waals surface area contributed by atoms with Gasteiger partial charge in [-0.3, -0.25) is 9.59 Å². The summed E-state index contributed by atoms with van der Waals surface area (Å²) in [5, 5.41) is 14.8. The molecule has 2 aromatic carbocycles. The number of thioether (sulfide) groups is 1. The lowest BCUT2D eigenvalue weighted by Gasteiger charge is -2.15. The number of rotatable bonds is 11. The van der Waals surface area contributed by atoms with Gasteiger partial charge in [0.15, 0.2) is 11.0 Å². The number of amides is 2. The molecular weight excluding hydrogens is 466 g/mol. The van der Waals surface area contributed by atoms with Crippen molar-refractivity contribution in [2.24, 2.45) is 0 Å². The maximum Gasteiger partial charge on any atom is 0.338 e. The highest BCUT2D eigenvalue weighted by molar-refractivity contribution is 7.99. The van der Waals surface area contributed by atoms with E-state index < -0.39 is 5.97 Å². The summed E-state index contributed by atoms with van der Waals surface area (Å²) in [4.78, 5) is 37.0. The van der Waals surface area contributed by atoms with Crippen LogP contribution in [-0.4, -0.2) is 44.9 Å². The van der Waals surface area contributed by atoms with Gasteiger partial charge < -0.3 is 19.9 Å². The highest BCUT2D eigenvalue weighted by atomic mass is 32.2. The number of ether oxygens (including phenoxy) is 1. The number of carbonyl (C=O) groups is 3. The van der Waals surface area contributed by atoms with Crippen LogP contribution < -0.4 is 10.6 Å². The molecule has 0 radical (unpaired) electrons. The molecule has 2 amide bonds. The molecule has 0 fully saturated rings. The minimum absolute atomic E-state index is 0.105. The van der Waals surface area contributed by atoms with Crippen molar-refractivity contribution in [2.45, 2.75) is 44.9 Å². The molecule has 0 aliphatic heterocycles.